The lowest BCUT2D eigenvalue weighted by atomic mass is 9.90. The molecular weight excluding hydrogens is 348 g/mol. The van der Waals surface area contributed by atoms with Crippen molar-refractivity contribution >= 4 is 0 Å². The maximum absolute atomic E-state index is 10.1. The van der Waals surface area contributed by atoms with E-state index in [0.717, 1.165) is 23.1 Å². The van der Waals surface area contributed by atoms with Crippen molar-refractivity contribution < 1.29 is 29.2 Å². The standard InChI is InChI=1S/C21H26O6/c1-24-17-7-6-14(11-18(17)25-2)20-16(12-23)15-9-13(5-4-8-22)10-19(26-3)21(15)27-20/h6-7,9-11,16,20,22-23H,4-5,8,12H2,1-3H3/t16-,20-/m0/s1. The van der Waals surface area contributed by atoms with Crippen molar-refractivity contribution in [3.63, 3.8) is 0 Å². The Bertz CT molecular complexity index is 788. The summed E-state index contributed by atoms with van der Waals surface area (Å²) in [4.78, 5) is 0. The number of rotatable bonds is 8. The van der Waals surface area contributed by atoms with Crippen LogP contribution in [-0.4, -0.2) is 44.8 Å². The number of fused-ring (bicyclic) bond motifs is 1. The predicted molar refractivity (Wildman–Crippen MR) is 101 cm³/mol. The van der Waals surface area contributed by atoms with Crippen LogP contribution >= 0.6 is 0 Å². The number of aryl methyl sites for hydroxylation is 1. The van der Waals surface area contributed by atoms with Gasteiger partial charge in [-0.2, -0.15) is 0 Å². The van der Waals surface area contributed by atoms with Gasteiger partial charge in [-0.1, -0.05) is 12.1 Å². The summed E-state index contributed by atoms with van der Waals surface area (Å²) in [7, 11) is 4.78. The van der Waals surface area contributed by atoms with Crippen LogP contribution in [0.15, 0.2) is 30.3 Å². The van der Waals surface area contributed by atoms with Gasteiger partial charge in [0.1, 0.15) is 6.10 Å². The van der Waals surface area contributed by atoms with Crippen LogP contribution in [0.5, 0.6) is 23.0 Å². The Kier molecular flexibility index (Phi) is 6.08. The van der Waals surface area contributed by atoms with E-state index in [1.807, 2.05) is 30.3 Å². The molecule has 27 heavy (non-hydrogen) atoms. The van der Waals surface area contributed by atoms with Crippen LogP contribution in [0.2, 0.25) is 0 Å². The van der Waals surface area contributed by atoms with Crippen LogP contribution < -0.4 is 18.9 Å². The maximum Gasteiger partial charge on any atom is 0.165 e. The van der Waals surface area contributed by atoms with Crippen molar-refractivity contribution in [2.45, 2.75) is 24.9 Å². The molecule has 1 aliphatic rings. The zero-order chi connectivity index (χ0) is 19.4. The molecular formula is C21H26O6. The van der Waals surface area contributed by atoms with Crippen LogP contribution in [0.3, 0.4) is 0 Å². The van der Waals surface area contributed by atoms with E-state index in [-0.39, 0.29) is 25.2 Å². The molecule has 2 N–H and O–H groups in total. The van der Waals surface area contributed by atoms with Gasteiger partial charge < -0.3 is 29.2 Å². The second kappa shape index (κ2) is 8.50. The van der Waals surface area contributed by atoms with Gasteiger partial charge in [-0.25, -0.2) is 0 Å². The quantitative estimate of drug-likeness (QED) is 0.740. The van der Waals surface area contributed by atoms with Crippen molar-refractivity contribution in [1.82, 2.24) is 0 Å². The zero-order valence-corrected chi connectivity index (χ0v) is 15.9. The molecule has 0 fully saturated rings. The van der Waals surface area contributed by atoms with Crippen molar-refractivity contribution in [2.24, 2.45) is 0 Å². The molecule has 0 amide bonds. The van der Waals surface area contributed by atoms with E-state index in [4.69, 9.17) is 24.1 Å². The normalized spacial score (nSPS) is 18.0. The molecule has 0 saturated carbocycles. The first-order chi connectivity index (χ1) is 13.2. The summed E-state index contributed by atoms with van der Waals surface area (Å²) >= 11 is 0. The molecule has 2 atom stereocenters. The van der Waals surface area contributed by atoms with E-state index in [2.05, 4.69) is 0 Å². The number of aliphatic hydroxyl groups is 2. The van der Waals surface area contributed by atoms with Crippen LogP contribution in [0.25, 0.3) is 0 Å². The Hall–Kier alpha value is -2.44. The van der Waals surface area contributed by atoms with Gasteiger partial charge in [0.25, 0.3) is 0 Å². The van der Waals surface area contributed by atoms with Crippen LogP contribution in [0.1, 0.15) is 35.1 Å². The number of benzene rings is 2. The highest BCUT2D eigenvalue weighted by Gasteiger charge is 2.38. The third-order valence-electron chi connectivity index (χ3n) is 4.93. The second-order valence-electron chi connectivity index (χ2n) is 6.49. The summed E-state index contributed by atoms with van der Waals surface area (Å²) in [6.45, 7) is 0.0756. The molecule has 6 nitrogen and oxygen atoms in total. The van der Waals surface area contributed by atoms with Gasteiger partial charge in [0.05, 0.1) is 33.9 Å². The molecule has 2 aromatic rings. The number of aliphatic hydroxyl groups excluding tert-OH is 2. The molecule has 0 bridgehead atoms. The van der Waals surface area contributed by atoms with Crippen molar-refractivity contribution in [2.75, 3.05) is 34.5 Å². The SMILES string of the molecule is COc1ccc([C@@H]2Oc3c(OC)cc(CCCO)cc3[C@@H]2CO)cc1OC. The van der Waals surface area contributed by atoms with E-state index < -0.39 is 0 Å². The highest BCUT2D eigenvalue weighted by Crippen LogP contribution is 2.51. The van der Waals surface area contributed by atoms with Gasteiger partial charge in [0.2, 0.25) is 0 Å². The summed E-state index contributed by atoms with van der Waals surface area (Å²) in [5.74, 6) is 2.33. The largest absolute Gasteiger partial charge is 0.493 e. The minimum absolute atomic E-state index is 0.0569. The Morgan fingerprint density at radius 3 is 2.30 bits per heavy atom. The molecule has 0 unspecified atom stereocenters. The first-order valence-corrected chi connectivity index (χ1v) is 8.97. The average molecular weight is 374 g/mol. The lowest BCUT2D eigenvalue weighted by Crippen LogP contribution is -2.13. The summed E-state index contributed by atoms with van der Waals surface area (Å²) < 4.78 is 22.4. The van der Waals surface area contributed by atoms with Gasteiger partial charge in [-0.15, -0.1) is 0 Å². The molecule has 146 valence electrons. The fourth-order valence-electron chi connectivity index (χ4n) is 3.56. The molecule has 0 saturated heterocycles. The van der Waals surface area contributed by atoms with Gasteiger partial charge in [-0.3, -0.25) is 0 Å². The van der Waals surface area contributed by atoms with E-state index in [1.54, 1.807) is 21.3 Å². The minimum Gasteiger partial charge on any atom is -0.493 e. The Morgan fingerprint density at radius 1 is 0.926 bits per heavy atom. The third-order valence-corrected chi connectivity index (χ3v) is 4.93. The second-order valence-corrected chi connectivity index (χ2v) is 6.49. The fourth-order valence-corrected chi connectivity index (χ4v) is 3.56. The van der Waals surface area contributed by atoms with E-state index in [9.17, 15) is 5.11 Å². The number of ether oxygens (including phenoxy) is 4. The van der Waals surface area contributed by atoms with Gasteiger partial charge >= 0.3 is 0 Å². The van der Waals surface area contributed by atoms with Crippen molar-refractivity contribution in [1.29, 1.82) is 0 Å². The van der Waals surface area contributed by atoms with E-state index in [1.165, 1.54) is 0 Å². The van der Waals surface area contributed by atoms with Gasteiger partial charge in [-0.05, 0) is 42.2 Å². The Morgan fingerprint density at radius 2 is 1.67 bits per heavy atom. The average Bonchev–Trinajstić information content (AvgIpc) is 3.09. The molecule has 0 aliphatic carbocycles. The predicted octanol–water partition coefficient (Wildman–Crippen LogP) is 2.85. The highest BCUT2D eigenvalue weighted by molar-refractivity contribution is 5.56. The molecule has 0 aromatic heterocycles. The summed E-state index contributed by atoms with van der Waals surface area (Å²) in [6, 6.07) is 9.59. The van der Waals surface area contributed by atoms with Gasteiger partial charge in [0.15, 0.2) is 23.0 Å². The zero-order valence-electron chi connectivity index (χ0n) is 15.9. The smallest absolute Gasteiger partial charge is 0.165 e. The minimum atomic E-state index is -0.355. The molecule has 1 aliphatic heterocycles. The Labute approximate surface area is 159 Å². The summed E-state index contributed by atoms with van der Waals surface area (Å²) in [5.41, 5.74) is 2.86. The van der Waals surface area contributed by atoms with Crippen molar-refractivity contribution in [3.05, 3.63) is 47.0 Å². The first kappa shape index (κ1) is 19.3. The molecule has 0 spiro atoms. The fraction of sp³-hybridized carbons (Fsp3) is 0.429. The van der Waals surface area contributed by atoms with Crippen molar-refractivity contribution in [3.8, 4) is 23.0 Å². The van der Waals surface area contributed by atoms with E-state index >= 15 is 0 Å². The van der Waals surface area contributed by atoms with Crippen LogP contribution in [-0.2, 0) is 6.42 Å². The topological polar surface area (TPSA) is 77.4 Å². The summed E-state index contributed by atoms with van der Waals surface area (Å²) in [5, 5.41) is 19.2. The lowest BCUT2D eigenvalue weighted by Gasteiger charge is -2.19. The maximum atomic E-state index is 10.1. The Balaban J connectivity index is 2.00. The number of hydrogen-bond donors (Lipinski definition) is 2. The molecule has 0 radical (unpaired) electrons. The molecule has 2 aromatic carbocycles. The lowest BCUT2D eigenvalue weighted by molar-refractivity contribution is 0.156. The molecule has 6 heteroatoms. The highest BCUT2D eigenvalue weighted by atomic mass is 16.5. The monoisotopic (exact) mass is 374 g/mol. The molecule has 1 heterocycles. The van der Waals surface area contributed by atoms with E-state index in [0.29, 0.717) is 29.4 Å². The third kappa shape index (κ3) is 3.68. The molecule has 3 rings (SSSR count). The summed E-state index contributed by atoms with van der Waals surface area (Å²) in [6.07, 6.45) is 1.05. The van der Waals surface area contributed by atoms with Crippen LogP contribution in [0.4, 0.5) is 0 Å². The van der Waals surface area contributed by atoms with Crippen LogP contribution in [0, 0.1) is 0 Å². The number of hydrogen-bond acceptors (Lipinski definition) is 6. The van der Waals surface area contributed by atoms with Gasteiger partial charge in [0, 0.05) is 12.2 Å². The first-order valence-electron chi connectivity index (χ1n) is 8.97. The number of methoxy groups -OCH3 is 3.